The van der Waals surface area contributed by atoms with Crippen molar-refractivity contribution in [1.29, 1.82) is 0 Å². The van der Waals surface area contributed by atoms with Gasteiger partial charge in [-0.05, 0) is 38.3 Å². The zero-order valence-electron chi connectivity index (χ0n) is 16.4. The number of carbonyl (C=O) groups is 2. The molecule has 0 aliphatic heterocycles. The summed E-state index contributed by atoms with van der Waals surface area (Å²) >= 11 is 1.39. The summed E-state index contributed by atoms with van der Waals surface area (Å²) in [4.78, 5) is 31.0. The first-order chi connectivity index (χ1) is 13.0. The van der Waals surface area contributed by atoms with Crippen molar-refractivity contribution in [2.24, 2.45) is 0 Å². The molecule has 0 unspecified atom stereocenters. The molecule has 2 aromatic rings. The molecule has 0 bridgehead atoms. The molecule has 1 aromatic heterocycles. The number of hydrogen-bond donors (Lipinski definition) is 2. The Balaban J connectivity index is 2.08. The molecule has 0 aliphatic rings. The Bertz CT molecular complexity index is 773. The highest BCUT2D eigenvalue weighted by Crippen LogP contribution is 2.19. The number of para-hydroxylation sites is 1. The van der Waals surface area contributed by atoms with Crippen LogP contribution in [0.3, 0.4) is 0 Å². The van der Waals surface area contributed by atoms with Gasteiger partial charge in [0, 0.05) is 23.7 Å². The van der Waals surface area contributed by atoms with Crippen molar-refractivity contribution in [1.82, 2.24) is 15.2 Å². The predicted octanol–water partition coefficient (Wildman–Crippen LogP) is 4.29. The molecule has 1 aromatic carbocycles. The van der Waals surface area contributed by atoms with Crippen LogP contribution in [0.1, 0.15) is 55.2 Å². The van der Waals surface area contributed by atoms with E-state index in [1.807, 2.05) is 45.0 Å². The summed E-state index contributed by atoms with van der Waals surface area (Å²) in [5.74, 6) is -0.170. The van der Waals surface area contributed by atoms with E-state index in [1.54, 1.807) is 10.3 Å². The number of thiazole rings is 1. The van der Waals surface area contributed by atoms with Gasteiger partial charge in [-0.25, -0.2) is 9.78 Å². The second kappa shape index (κ2) is 10.1. The van der Waals surface area contributed by atoms with E-state index in [2.05, 4.69) is 22.5 Å². The molecular weight excluding hydrogens is 360 g/mol. The number of carbonyl (C=O) groups excluding carboxylic acids is 2. The van der Waals surface area contributed by atoms with E-state index < -0.39 is 0 Å². The Labute approximate surface area is 165 Å². The largest absolute Gasteiger partial charge is 0.351 e. The number of aryl methyl sites for hydroxylation is 1. The SMILES string of the molecule is CCCNC(=O)c1csc(CN(C(=O)Nc2ccccc2CC)C(C)C)n1. The van der Waals surface area contributed by atoms with E-state index in [0.717, 1.165) is 29.1 Å². The van der Waals surface area contributed by atoms with E-state index in [1.165, 1.54) is 11.3 Å². The number of rotatable bonds is 8. The van der Waals surface area contributed by atoms with Crippen LogP contribution in [0.2, 0.25) is 0 Å². The quantitative estimate of drug-likeness (QED) is 0.708. The normalized spacial score (nSPS) is 10.7. The number of nitrogens with zero attached hydrogens (tertiary/aromatic N) is 2. The van der Waals surface area contributed by atoms with Gasteiger partial charge < -0.3 is 15.5 Å². The van der Waals surface area contributed by atoms with E-state index >= 15 is 0 Å². The van der Waals surface area contributed by atoms with Crippen LogP contribution in [-0.2, 0) is 13.0 Å². The summed E-state index contributed by atoms with van der Waals surface area (Å²) in [7, 11) is 0. The van der Waals surface area contributed by atoms with Gasteiger partial charge in [-0.3, -0.25) is 4.79 Å². The number of hydrogen-bond acceptors (Lipinski definition) is 4. The monoisotopic (exact) mass is 388 g/mol. The average molecular weight is 389 g/mol. The van der Waals surface area contributed by atoms with E-state index in [4.69, 9.17) is 0 Å². The minimum atomic E-state index is -0.170. The molecular formula is C20H28N4O2S. The van der Waals surface area contributed by atoms with Crippen LogP contribution in [0, 0.1) is 0 Å². The standard InChI is InChI=1S/C20H28N4O2S/c1-5-11-21-19(25)17-13-27-18(22-17)12-24(14(3)4)20(26)23-16-10-8-7-9-15(16)6-2/h7-10,13-14H,5-6,11-12H2,1-4H3,(H,21,25)(H,23,26). The van der Waals surface area contributed by atoms with Gasteiger partial charge >= 0.3 is 6.03 Å². The van der Waals surface area contributed by atoms with Crippen molar-refractivity contribution >= 4 is 29.0 Å². The second-order valence-corrected chi connectivity index (χ2v) is 7.49. The topological polar surface area (TPSA) is 74.3 Å². The summed E-state index contributed by atoms with van der Waals surface area (Å²) in [6, 6.07) is 7.64. The molecule has 3 amide bonds. The van der Waals surface area contributed by atoms with Crippen molar-refractivity contribution < 1.29 is 9.59 Å². The summed E-state index contributed by atoms with van der Waals surface area (Å²) in [5.41, 5.74) is 2.33. The molecule has 0 atom stereocenters. The number of anilines is 1. The third kappa shape index (κ3) is 5.79. The minimum absolute atomic E-state index is 0.0000525. The maximum absolute atomic E-state index is 12.8. The lowest BCUT2D eigenvalue weighted by Crippen LogP contribution is -2.39. The lowest BCUT2D eigenvalue weighted by molar-refractivity contribution is 0.0949. The Morgan fingerprint density at radius 3 is 2.63 bits per heavy atom. The van der Waals surface area contributed by atoms with Crippen molar-refractivity contribution in [3.05, 3.63) is 45.9 Å². The average Bonchev–Trinajstić information content (AvgIpc) is 3.13. The van der Waals surface area contributed by atoms with E-state index in [0.29, 0.717) is 18.8 Å². The molecule has 27 heavy (non-hydrogen) atoms. The fourth-order valence-corrected chi connectivity index (χ4v) is 3.36. The zero-order chi connectivity index (χ0) is 19.8. The van der Waals surface area contributed by atoms with Crippen LogP contribution in [0.15, 0.2) is 29.6 Å². The van der Waals surface area contributed by atoms with Crippen LogP contribution in [0.25, 0.3) is 0 Å². The van der Waals surface area contributed by atoms with Crippen molar-refractivity contribution in [3.63, 3.8) is 0 Å². The number of aromatic nitrogens is 1. The highest BCUT2D eigenvalue weighted by atomic mass is 32.1. The Morgan fingerprint density at radius 1 is 1.22 bits per heavy atom. The van der Waals surface area contributed by atoms with E-state index in [9.17, 15) is 9.59 Å². The van der Waals surface area contributed by atoms with Crippen molar-refractivity contribution in [3.8, 4) is 0 Å². The molecule has 0 fully saturated rings. The zero-order valence-corrected chi connectivity index (χ0v) is 17.2. The summed E-state index contributed by atoms with van der Waals surface area (Å²) < 4.78 is 0. The highest BCUT2D eigenvalue weighted by molar-refractivity contribution is 7.09. The Kier molecular flexibility index (Phi) is 7.79. The third-order valence-corrected chi connectivity index (χ3v) is 4.98. The van der Waals surface area contributed by atoms with Crippen LogP contribution in [0.4, 0.5) is 10.5 Å². The fourth-order valence-electron chi connectivity index (χ4n) is 2.59. The highest BCUT2D eigenvalue weighted by Gasteiger charge is 2.20. The van der Waals surface area contributed by atoms with Crippen LogP contribution in [-0.4, -0.2) is 34.4 Å². The van der Waals surface area contributed by atoms with Crippen LogP contribution < -0.4 is 10.6 Å². The number of urea groups is 1. The molecule has 0 aliphatic carbocycles. The van der Waals surface area contributed by atoms with Gasteiger partial charge in [0.05, 0.1) is 6.54 Å². The lowest BCUT2D eigenvalue weighted by Gasteiger charge is -2.26. The second-order valence-electron chi connectivity index (χ2n) is 6.54. The first-order valence-electron chi connectivity index (χ1n) is 9.34. The molecule has 2 N–H and O–H groups in total. The predicted molar refractivity (Wildman–Crippen MR) is 110 cm³/mol. The Hall–Kier alpha value is -2.41. The van der Waals surface area contributed by atoms with Gasteiger partial charge in [0.15, 0.2) is 0 Å². The maximum Gasteiger partial charge on any atom is 0.322 e. The summed E-state index contributed by atoms with van der Waals surface area (Å²) in [6.07, 6.45) is 1.73. The molecule has 0 radical (unpaired) electrons. The first-order valence-corrected chi connectivity index (χ1v) is 10.2. The first kappa shape index (κ1) is 20.9. The van der Waals surface area contributed by atoms with Gasteiger partial charge in [0.25, 0.3) is 5.91 Å². The molecule has 0 saturated carbocycles. The number of benzene rings is 1. The van der Waals surface area contributed by atoms with Gasteiger partial charge in [-0.1, -0.05) is 32.0 Å². The van der Waals surface area contributed by atoms with E-state index in [-0.39, 0.29) is 18.0 Å². The molecule has 0 saturated heterocycles. The molecule has 7 heteroatoms. The smallest absolute Gasteiger partial charge is 0.322 e. The third-order valence-electron chi connectivity index (χ3n) is 4.15. The van der Waals surface area contributed by atoms with Gasteiger partial charge in [-0.2, -0.15) is 0 Å². The maximum atomic E-state index is 12.8. The molecule has 1 heterocycles. The van der Waals surface area contributed by atoms with Gasteiger partial charge in [0.1, 0.15) is 10.7 Å². The lowest BCUT2D eigenvalue weighted by atomic mass is 10.1. The number of amides is 3. The van der Waals surface area contributed by atoms with Crippen molar-refractivity contribution in [2.45, 2.75) is 53.1 Å². The van der Waals surface area contributed by atoms with Crippen molar-refractivity contribution in [2.75, 3.05) is 11.9 Å². The molecule has 0 spiro atoms. The summed E-state index contributed by atoms with van der Waals surface area (Å²) in [6.45, 7) is 8.99. The van der Waals surface area contributed by atoms with Crippen LogP contribution in [0.5, 0.6) is 0 Å². The Morgan fingerprint density at radius 2 is 1.96 bits per heavy atom. The van der Waals surface area contributed by atoms with Gasteiger partial charge in [0.2, 0.25) is 0 Å². The molecule has 2 rings (SSSR count). The molecule has 6 nitrogen and oxygen atoms in total. The fraction of sp³-hybridized carbons (Fsp3) is 0.450. The van der Waals surface area contributed by atoms with Crippen LogP contribution >= 0.6 is 11.3 Å². The van der Waals surface area contributed by atoms with Gasteiger partial charge in [-0.15, -0.1) is 11.3 Å². The summed E-state index contributed by atoms with van der Waals surface area (Å²) in [5, 5.41) is 8.30. The molecule has 146 valence electrons. The number of nitrogens with one attached hydrogen (secondary N) is 2. The minimum Gasteiger partial charge on any atom is -0.351 e.